The molecule has 7 heteroatoms. The van der Waals surface area contributed by atoms with Gasteiger partial charge in [0.05, 0.1) is 5.57 Å². The highest BCUT2D eigenvalue weighted by Gasteiger charge is 2.39. The van der Waals surface area contributed by atoms with Gasteiger partial charge in [-0.05, 0) is 19.9 Å². The van der Waals surface area contributed by atoms with Crippen molar-refractivity contribution in [3.8, 4) is 0 Å². The first-order valence-corrected chi connectivity index (χ1v) is 3.68. The van der Waals surface area contributed by atoms with Crippen molar-refractivity contribution in [1.82, 2.24) is 0 Å². The Morgan fingerprint density at radius 1 is 0.933 bits per heavy atom. The van der Waals surface area contributed by atoms with Crippen LogP contribution in [0.1, 0.15) is 13.8 Å². The minimum atomic E-state index is -5.17. The van der Waals surface area contributed by atoms with Gasteiger partial charge in [0, 0.05) is 0 Å². The summed E-state index contributed by atoms with van der Waals surface area (Å²) >= 11 is 0. The molecule has 0 radical (unpaired) electrons. The molecule has 0 aliphatic rings. The second-order valence-electron chi connectivity index (χ2n) is 2.94. The molecule has 0 atom stereocenters. The average molecular weight is 234 g/mol. The molecule has 0 saturated carbocycles. The van der Waals surface area contributed by atoms with Crippen LogP contribution in [-0.2, 0) is 0 Å². The number of allylic oxidation sites excluding steroid dienone is 4. The summed E-state index contributed by atoms with van der Waals surface area (Å²) in [5.74, 6) is -2.27. The molecule has 0 aliphatic carbocycles. The highest BCUT2D eigenvalue weighted by molar-refractivity contribution is 5.30. The summed E-state index contributed by atoms with van der Waals surface area (Å²) in [6.45, 7) is 2.01. The molecule has 0 amide bonds. The zero-order valence-electron chi connectivity index (χ0n) is 7.79. The van der Waals surface area contributed by atoms with Crippen molar-refractivity contribution in [1.29, 1.82) is 0 Å². The van der Waals surface area contributed by atoms with E-state index in [0.717, 1.165) is 13.8 Å². The van der Waals surface area contributed by atoms with Gasteiger partial charge in [0.1, 0.15) is 0 Å². The highest BCUT2D eigenvalue weighted by atomic mass is 19.4. The standard InChI is InChI=1S/C8H8F6O/c1-4(2)5(7(9,10)11)3-6(15)8(12,13)14/h3,15H,1-2H3/b6-3-. The molecule has 0 rings (SSSR count). The first kappa shape index (κ1) is 13.9. The largest absolute Gasteiger partial charge is 0.504 e. The molecule has 0 aliphatic heterocycles. The van der Waals surface area contributed by atoms with Gasteiger partial charge >= 0.3 is 12.4 Å². The zero-order chi connectivity index (χ0) is 12.4. The number of hydrogen-bond donors (Lipinski definition) is 1. The Balaban J connectivity index is 5.31. The van der Waals surface area contributed by atoms with Crippen LogP contribution < -0.4 is 0 Å². The van der Waals surface area contributed by atoms with Crippen LogP contribution >= 0.6 is 0 Å². The number of hydrogen-bond acceptors (Lipinski definition) is 1. The van der Waals surface area contributed by atoms with Crippen LogP contribution in [0.15, 0.2) is 23.0 Å². The van der Waals surface area contributed by atoms with Gasteiger partial charge in [-0.2, -0.15) is 26.3 Å². The van der Waals surface area contributed by atoms with Crippen LogP contribution in [0.3, 0.4) is 0 Å². The maximum atomic E-state index is 12.1. The van der Waals surface area contributed by atoms with Gasteiger partial charge in [0.2, 0.25) is 0 Å². The quantitative estimate of drug-likeness (QED) is 0.414. The minimum absolute atomic E-state index is 0.324. The predicted octanol–water partition coefficient (Wildman–Crippen LogP) is 3.89. The summed E-state index contributed by atoms with van der Waals surface area (Å²) in [7, 11) is 0. The van der Waals surface area contributed by atoms with E-state index in [0.29, 0.717) is 0 Å². The highest BCUT2D eigenvalue weighted by Crippen LogP contribution is 2.32. The molecule has 0 aromatic heterocycles. The second-order valence-corrected chi connectivity index (χ2v) is 2.94. The van der Waals surface area contributed by atoms with Gasteiger partial charge in [-0.15, -0.1) is 0 Å². The van der Waals surface area contributed by atoms with Gasteiger partial charge in [0.15, 0.2) is 5.76 Å². The van der Waals surface area contributed by atoms with Crippen molar-refractivity contribution >= 4 is 0 Å². The summed E-state index contributed by atoms with van der Waals surface area (Å²) in [5, 5.41) is 8.37. The molecule has 0 heterocycles. The lowest BCUT2D eigenvalue weighted by molar-refractivity contribution is -0.122. The van der Waals surface area contributed by atoms with Crippen LogP contribution in [-0.4, -0.2) is 17.5 Å². The lowest BCUT2D eigenvalue weighted by Gasteiger charge is -2.11. The molecule has 0 saturated heterocycles. The maximum absolute atomic E-state index is 12.1. The van der Waals surface area contributed by atoms with Crippen LogP contribution in [0.2, 0.25) is 0 Å². The molecule has 0 aromatic rings. The third kappa shape index (κ3) is 4.26. The van der Waals surface area contributed by atoms with E-state index in [-0.39, 0.29) is 11.6 Å². The van der Waals surface area contributed by atoms with E-state index in [1.165, 1.54) is 0 Å². The Morgan fingerprint density at radius 3 is 1.53 bits per heavy atom. The van der Waals surface area contributed by atoms with Gasteiger partial charge in [-0.3, -0.25) is 0 Å². The summed E-state index contributed by atoms with van der Waals surface area (Å²) in [5.41, 5.74) is -1.87. The molecule has 0 fully saturated rings. The fourth-order valence-electron chi connectivity index (χ4n) is 0.728. The molecule has 1 nitrogen and oxygen atoms in total. The van der Waals surface area contributed by atoms with Crippen molar-refractivity contribution in [3.63, 3.8) is 0 Å². The van der Waals surface area contributed by atoms with Gasteiger partial charge in [-0.1, -0.05) is 5.57 Å². The Bertz CT molecular complexity index is 289. The number of halogens is 6. The smallest absolute Gasteiger partial charge is 0.448 e. The Hall–Kier alpha value is -1.14. The van der Waals surface area contributed by atoms with Crippen LogP contribution in [0, 0.1) is 0 Å². The molecule has 0 unspecified atom stereocenters. The Kier molecular flexibility index (Phi) is 3.84. The van der Waals surface area contributed by atoms with E-state index >= 15 is 0 Å². The van der Waals surface area contributed by atoms with Crippen LogP contribution in [0.4, 0.5) is 26.3 Å². The first-order chi connectivity index (χ1) is 6.46. The predicted molar refractivity (Wildman–Crippen MR) is 41.2 cm³/mol. The third-order valence-electron chi connectivity index (χ3n) is 1.42. The molecule has 0 bridgehead atoms. The monoisotopic (exact) mass is 234 g/mol. The zero-order valence-corrected chi connectivity index (χ0v) is 7.79. The fraction of sp³-hybridized carbons (Fsp3) is 0.500. The van der Waals surface area contributed by atoms with E-state index < -0.39 is 23.7 Å². The second kappa shape index (κ2) is 4.16. The molecular formula is C8H8F6O. The summed E-state index contributed by atoms with van der Waals surface area (Å²) < 4.78 is 71.7. The van der Waals surface area contributed by atoms with Crippen molar-refractivity contribution in [2.24, 2.45) is 0 Å². The normalized spacial score (nSPS) is 14.0. The summed E-state index contributed by atoms with van der Waals surface area (Å²) in [6, 6.07) is 0. The fourth-order valence-corrected chi connectivity index (χ4v) is 0.728. The van der Waals surface area contributed by atoms with E-state index in [9.17, 15) is 26.3 Å². The van der Waals surface area contributed by atoms with Crippen LogP contribution in [0.25, 0.3) is 0 Å². The molecule has 88 valence electrons. The van der Waals surface area contributed by atoms with Crippen molar-refractivity contribution < 1.29 is 31.4 Å². The minimum Gasteiger partial charge on any atom is -0.504 e. The number of alkyl halides is 6. The number of aliphatic hydroxyl groups excluding tert-OH is 1. The molecule has 1 N–H and O–H groups in total. The van der Waals surface area contributed by atoms with Gasteiger partial charge in [0.25, 0.3) is 0 Å². The molecule has 0 spiro atoms. The van der Waals surface area contributed by atoms with Crippen molar-refractivity contribution in [3.05, 3.63) is 23.0 Å². The molecule has 15 heavy (non-hydrogen) atoms. The Labute approximate surface area is 81.7 Å². The van der Waals surface area contributed by atoms with Crippen molar-refractivity contribution in [2.75, 3.05) is 0 Å². The Morgan fingerprint density at radius 2 is 1.33 bits per heavy atom. The SMILES string of the molecule is CC(C)=C(/C=C(\O)C(F)(F)F)C(F)(F)F. The molecular weight excluding hydrogens is 226 g/mol. The number of aliphatic hydroxyl groups is 1. The van der Waals surface area contributed by atoms with E-state index in [2.05, 4.69) is 0 Å². The summed E-state index contributed by atoms with van der Waals surface area (Å²) in [4.78, 5) is 0. The first-order valence-electron chi connectivity index (χ1n) is 3.68. The van der Waals surface area contributed by atoms with Gasteiger partial charge < -0.3 is 5.11 Å². The van der Waals surface area contributed by atoms with Crippen molar-refractivity contribution in [2.45, 2.75) is 26.2 Å². The lowest BCUT2D eigenvalue weighted by atomic mass is 10.1. The maximum Gasteiger partial charge on any atom is 0.448 e. The van der Waals surface area contributed by atoms with Crippen LogP contribution in [0.5, 0.6) is 0 Å². The molecule has 0 aromatic carbocycles. The number of rotatable bonds is 1. The third-order valence-corrected chi connectivity index (χ3v) is 1.42. The topological polar surface area (TPSA) is 20.2 Å². The van der Waals surface area contributed by atoms with E-state index in [1.807, 2.05) is 0 Å². The van der Waals surface area contributed by atoms with Gasteiger partial charge in [-0.25, -0.2) is 0 Å². The lowest BCUT2D eigenvalue weighted by Crippen LogP contribution is -2.16. The van der Waals surface area contributed by atoms with E-state index in [1.54, 1.807) is 0 Å². The average Bonchev–Trinajstić information content (AvgIpc) is 1.94. The summed E-state index contributed by atoms with van der Waals surface area (Å²) in [6.07, 6.45) is -10.4. The van der Waals surface area contributed by atoms with E-state index in [4.69, 9.17) is 5.11 Å².